The van der Waals surface area contributed by atoms with Crippen LogP contribution in [0.4, 0.5) is 0 Å². The van der Waals surface area contributed by atoms with Gasteiger partial charge in [0, 0.05) is 6.20 Å². The Morgan fingerprint density at radius 1 is 1.35 bits per heavy atom. The average Bonchev–Trinajstić information content (AvgIpc) is 2.36. The van der Waals surface area contributed by atoms with Crippen molar-refractivity contribution in [2.24, 2.45) is 0 Å². The summed E-state index contributed by atoms with van der Waals surface area (Å²) in [6.45, 7) is 3.46. The van der Waals surface area contributed by atoms with Gasteiger partial charge >= 0.3 is 5.97 Å². The molecular weight excluding hydrogens is 220 g/mol. The molecule has 0 saturated heterocycles. The van der Waals surface area contributed by atoms with E-state index in [0.29, 0.717) is 12.8 Å². The van der Waals surface area contributed by atoms with Crippen LogP contribution in [0.15, 0.2) is 24.4 Å². The first-order chi connectivity index (χ1) is 8.05. The first-order valence-corrected chi connectivity index (χ1v) is 5.52. The number of aromatic nitrogens is 1. The van der Waals surface area contributed by atoms with E-state index in [1.165, 1.54) is 6.20 Å². The summed E-state index contributed by atoms with van der Waals surface area (Å²) in [6.07, 6.45) is 2.16. The van der Waals surface area contributed by atoms with Gasteiger partial charge in [0.1, 0.15) is 11.2 Å². The SMILES string of the molecule is CCC(CC)(NC(=O)c1ccccn1)C(=O)O. The maximum absolute atomic E-state index is 11.8. The predicted molar refractivity (Wildman–Crippen MR) is 62.7 cm³/mol. The number of carbonyl (C=O) groups excluding carboxylic acids is 1. The minimum Gasteiger partial charge on any atom is -0.480 e. The van der Waals surface area contributed by atoms with E-state index in [-0.39, 0.29) is 5.69 Å². The molecule has 0 aliphatic heterocycles. The van der Waals surface area contributed by atoms with E-state index < -0.39 is 17.4 Å². The first kappa shape index (κ1) is 13.2. The summed E-state index contributed by atoms with van der Waals surface area (Å²) < 4.78 is 0. The van der Waals surface area contributed by atoms with Crippen molar-refractivity contribution >= 4 is 11.9 Å². The highest BCUT2D eigenvalue weighted by molar-refractivity contribution is 5.96. The van der Waals surface area contributed by atoms with Crippen LogP contribution < -0.4 is 5.32 Å². The Morgan fingerprint density at radius 2 is 2.00 bits per heavy atom. The van der Waals surface area contributed by atoms with Gasteiger partial charge in [0.2, 0.25) is 0 Å². The number of carboxylic acid groups (broad SMARTS) is 1. The van der Waals surface area contributed by atoms with Gasteiger partial charge in [-0.2, -0.15) is 0 Å². The zero-order chi connectivity index (χ0) is 12.9. The molecule has 1 aromatic heterocycles. The van der Waals surface area contributed by atoms with Crippen LogP contribution in [-0.4, -0.2) is 27.5 Å². The fraction of sp³-hybridized carbons (Fsp3) is 0.417. The zero-order valence-electron chi connectivity index (χ0n) is 9.93. The molecule has 0 saturated carbocycles. The lowest BCUT2D eigenvalue weighted by atomic mass is 9.93. The standard InChI is InChI=1S/C12H16N2O3/c1-3-12(4-2,11(16)17)14-10(15)9-7-5-6-8-13-9/h5-8H,3-4H2,1-2H3,(H,14,15)(H,16,17). The molecule has 0 aromatic carbocycles. The number of hydrogen-bond donors (Lipinski definition) is 2. The number of aliphatic carboxylic acids is 1. The van der Waals surface area contributed by atoms with Crippen molar-refractivity contribution in [3.63, 3.8) is 0 Å². The summed E-state index contributed by atoms with van der Waals surface area (Å²) in [5, 5.41) is 11.7. The molecule has 1 amide bonds. The molecule has 0 atom stereocenters. The van der Waals surface area contributed by atoms with Gasteiger partial charge in [-0.1, -0.05) is 19.9 Å². The van der Waals surface area contributed by atoms with Crippen LogP contribution in [0.1, 0.15) is 37.2 Å². The zero-order valence-corrected chi connectivity index (χ0v) is 9.93. The lowest BCUT2D eigenvalue weighted by Crippen LogP contribution is -2.53. The Kier molecular flexibility index (Phi) is 4.20. The van der Waals surface area contributed by atoms with Crippen molar-refractivity contribution < 1.29 is 14.7 Å². The molecule has 0 fully saturated rings. The molecule has 2 N–H and O–H groups in total. The van der Waals surface area contributed by atoms with Crippen molar-refractivity contribution in [3.05, 3.63) is 30.1 Å². The second-order valence-corrected chi connectivity index (χ2v) is 3.76. The quantitative estimate of drug-likeness (QED) is 0.811. The smallest absolute Gasteiger partial charge is 0.329 e. The van der Waals surface area contributed by atoms with E-state index in [9.17, 15) is 14.7 Å². The van der Waals surface area contributed by atoms with Gasteiger partial charge in [-0.05, 0) is 25.0 Å². The maximum atomic E-state index is 11.8. The number of carbonyl (C=O) groups is 2. The first-order valence-electron chi connectivity index (χ1n) is 5.52. The van der Waals surface area contributed by atoms with E-state index in [1.54, 1.807) is 32.0 Å². The number of nitrogens with zero attached hydrogens (tertiary/aromatic N) is 1. The van der Waals surface area contributed by atoms with Crippen LogP contribution >= 0.6 is 0 Å². The number of nitrogens with one attached hydrogen (secondary N) is 1. The van der Waals surface area contributed by atoms with E-state index >= 15 is 0 Å². The van der Waals surface area contributed by atoms with Gasteiger partial charge in [0.15, 0.2) is 0 Å². The lowest BCUT2D eigenvalue weighted by molar-refractivity contribution is -0.144. The Balaban J connectivity index is 2.89. The lowest BCUT2D eigenvalue weighted by Gasteiger charge is -2.27. The molecule has 0 radical (unpaired) electrons. The van der Waals surface area contributed by atoms with Gasteiger partial charge in [-0.15, -0.1) is 0 Å². The minimum atomic E-state index is -1.21. The number of pyridine rings is 1. The molecule has 0 aliphatic rings. The summed E-state index contributed by atoms with van der Waals surface area (Å²) >= 11 is 0. The number of hydrogen-bond acceptors (Lipinski definition) is 3. The summed E-state index contributed by atoms with van der Waals surface area (Å²) in [5.74, 6) is -1.48. The highest BCUT2D eigenvalue weighted by Crippen LogP contribution is 2.16. The molecule has 17 heavy (non-hydrogen) atoms. The molecule has 0 bridgehead atoms. The van der Waals surface area contributed by atoms with Crippen LogP contribution in [0.3, 0.4) is 0 Å². The summed E-state index contributed by atoms with van der Waals surface area (Å²) in [5.41, 5.74) is -0.991. The van der Waals surface area contributed by atoms with Crippen molar-refractivity contribution in [2.45, 2.75) is 32.2 Å². The van der Waals surface area contributed by atoms with Crippen LogP contribution in [0.2, 0.25) is 0 Å². The summed E-state index contributed by atoms with van der Waals surface area (Å²) in [4.78, 5) is 26.9. The Morgan fingerprint density at radius 3 is 2.41 bits per heavy atom. The molecule has 5 heteroatoms. The Bertz CT molecular complexity index is 399. The van der Waals surface area contributed by atoms with Crippen LogP contribution in [0.5, 0.6) is 0 Å². The third-order valence-corrected chi connectivity index (χ3v) is 2.87. The van der Waals surface area contributed by atoms with Crippen molar-refractivity contribution in [1.29, 1.82) is 0 Å². The minimum absolute atomic E-state index is 0.222. The number of carboxylic acids is 1. The molecule has 92 valence electrons. The van der Waals surface area contributed by atoms with Crippen molar-refractivity contribution in [3.8, 4) is 0 Å². The van der Waals surface area contributed by atoms with Gasteiger partial charge in [-0.3, -0.25) is 9.78 Å². The normalized spacial score (nSPS) is 10.9. The third kappa shape index (κ3) is 2.81. The molecular formula is C12H16N2O3. The van der Waals surface area contributed by atoms with E-state index in [0.717, 1.165) is 0 Å². The van der Waals surface area contributed by atoms with Crippen LogP contribution in [0, 0.1) is 0 Å². The Hall–Kier alpha value is -1.91. The maximum Gasteiger partial charge on any atom is 0.329 e. The molecule has 5 nitrogen and oxygen atoms in total. The summed E-state index contributed by atoms with van der Waals surface area (Å²) in [7, 11) is 0. The predicted octanol–water partition coefficient (Wildman–Crippen LogP) is 1.45. The highest BCUT2D eigenvalue weighted by atomic mass is 16.4. The van der Waals surface area contributed by atoms with Gasteiger partial charge in [-0.25, -0.2) is 4.79 Å². The largest absolute Gasteiger partial charge is 0.480 e. The van der Waals surface area contributed by atoms with Crippen molar-refractivity contribution in [1.82, 2.24) is 10.3 Å². The second-order valence-electron chi connectivity index (χ2n) is 3.76. The molecule has 1 rings (SSSR count). The van der Waals surface area contributed by atoms with Crippen LogP contribution in [-0.2, 0) is 4.79 Å². The summed E-state index contributed by atoms with van der Waals surface area (Å²) in [6, 6.07) is 4.93. The van der Waals surface area contributed by atoms with Crippen LogP contribution in [0.25, 0.3) is 0 Å². The third-order valence-electron chi connectivity index (χ3n) is 2.87. The monoisotopic (exact) mass is 236 g/mol. The van der Waals surface area contributed by atoms with Gasteiger partial charge in [0.25, 0.3) is 5.91 Å². The number of rotatable bonds is 5. The number of amides is 1. The van der Waals surface area contributed by atoms with E-state index in [2.05, 4.69) is 10.3 Å². The van der Waals surface area contributed by atoms with E-state index in [4.69, 9.17) is 0 Å². The molecule has 1 heterocycles. The van der Waals surface area contributed by atoms with Gasteiger partial charge in [0.05, 0.1) is 0 Å². The highest BCUT2D eigenvalue weighted by Gasteiger charge is 2.36. The fourth-order valence-electron chi connectivity index (χ4n) is 1.56. The topological polar surface area (TPSA) is 79.3 Å². The van der Waals surface area contributed by atoms with Gasteiger partial charge < -0.3 is 10.4 Å². The molecule has 1 aromatic rings. The van der Waals surface area contributed by atoms with Crippen molar-refractivity contribution in [2.75, 3.05) is 0 Å². The second kappa shape index (κ2) is 5.43. The average molecular weight is 236 g/mol. The Labute approximate surface area is 99.9 Å². The van der Waals surface area contributed by atoms with E-state index in [1.807, 2.05) is 0 Å². The molecule has 0 unspecified atom stereocenters. The molecule has 0 aliphatic carbocycles. The fourth-order valence-corrected chi connectivity index (χ4v) is 1.56. The molecule has 0 spiro atoms.